The molecule has 0 aromatic rings. The Morgan fingerprint density at radius 1 is 1.54 bits per heavy atom. The molecule has 2 unspecified atom stereocenters. The number of nitrogens with zero attached hydrogens (tertiary/aromatic N) is 1. The van der Waals surface area contributed by atoms with Crippen LogP contribution in [0.4, 0.5) is 0 Å². The second-order valence-electron chi connectivity index (χ2n) is 4.19. The van der Waals surface area contributed by atoms with Crippen LogP contribution in [-0.4, -0.2) is 35.1 Å². The van der Waals surface area contributed by atoms with Crippen LogP contribution in [0.5, 0.6) is 0 Å². The maximum absolute atomic E-state index is 10.5. The third-order valence-corrected chi connectivity index (χ3v) is 3.11. The van der Waals surface area contributed by atoms with Crippen molar-refractivity contribution in [3.8, 4) is 0 Å². The van der Waals surface area contributed by atoms with Gasteiger partial charge in [-0.1, -0.05) is 0 Å². The first-order valence-electron chi connectivity index (χ1n) is 4.96. The molecule has 0 amide bonds. The second-order valence-corrected chi connectivity index (χ2v) is 4.19. The van der Waals surface area contributed by atoms with Gasteiger partial charge in [-0.25, -0.2) is 0 Å². The summed E-state index contributed by atoms with van der Waals surface area (Å²) in [5, 5.41) is 8.64. The van der Waals surface area contributed by atoms with E-state index in [2.05, 4.69) is 11.8 Å². The van der Waals surface area contributed by atoms with Crippen molar-refractivity contribution in [2.45, 2.75) is 45.2 Å². The molecule has 1 saturated carbocycles. The maximum Gasteiger partial charge on any atom is 0.304 e. The molecule has 76 valence electrons. The van der Waals surface area contributed by atoms with Crippen LogP contribution >= 0.6 is 0 Å². The average molecular weight is 185 g/mol. The van der Waals surface area contributed by atoms with Gasteiger partial charge in [0, 0.05) is 12.1 Å². The van der Waals surface area contributed by atoms with E-state index in [0.717, 1.165) is 5.92 Å². The lowest BCUT2D eigenvalue weighted by Crippen LogP contribution is -2.39. The standard InChI is InChI=1S/C10H19NO2/c1-7(6-10(12)13)11(3)8(2)9-4-5-9/h7-9H,4-6H2,1-3H3,(H,12,13). The van der Waals surface area contributed by atoms with Gasteiger partial charge in [-0.2, -0.15) is 0 Å². The Labute approximate surface area is 79.7 Å². The van der Waals surface area contributed by atoms with Gasteiger partial charge in [0.15, 0.2) is 0 Å². The minimum Gasteiger partial charge on any atom is -0.481 e. The molecule has 3 nitrogen and oxygen atoms in total. The van der Waals surface area contributed by atoms with Crippen LogP contribution in [0.25, 0.3) is 0 Å². The van der Waals surface area contributed by atoms with Gasteiger partial charge in [-0.05, 0) is 39.7 Å². The summed E-state index contributed by atoms with van der Waals surface area (Å²) in [6.07, 6.45) is 2.87. The molecule has 1 fully saturated rings. The molecular weight excluding hydrogens is 166 g/mol. The van der Waals surface area contributed by atoms with E-state index in [-0.39, 0.29) is 12.5 Å². The lowest BCUT2D eigenvalue weighted by Gasteiger charge is -2.29. The zero-order valence-electron chi connectivity index (χ0n) is 8.66. The largest absolute Gasteiger partial charge is 0.481 e. The molecule has 0 heterocycles. The SMILES string of the molecule is CC(CC(=O)O)N(C)C(C)C1CC1. The first-order chi connectivity index (χ1) is 6.02. The van der Waals surface area contributed by atoms with Gasteiger partial charge < -0.3 is 10.0 Å². The summed E-state index contributed by atoms with van der Waals surface area (Å²) in [7, 11) is 2.02. The highest BCUT2D eigenvalue weighted by Gasteiger charge is 2.32. The molecule has 1 aliphatic carbocycles. The van der Waals surface area contributed by atoms with Crippen LogP contribution in [-0.2, 0) is 4.79 Å². The average Bonchev–Trinajstić information content (AvgIpc) is 2.82. The van der Waals surface area contributed by atoms with Gasteiger partial charge in [0.25, 0.3) is 0 Å². The van der Waals surface area contributed by atoms with Gasteiger partial charge >= 0.3 is 5.97 Å². The van der Waals surface area contributed by atoms with Crippen molar-refractivity contribution in [1.82, 2.24) is 4.90 Å². The van der Waals surface area contributed by atoms with Crippen LogP contribution in [0.1, 0.15) is 33.1 Å². The van der Waals surface area contributed by atoms with Gasteiger partial charge in [-0.3, -0.25) is 4.79 Å². The Morgan fingerprint density at radius 3 is 2.46 bits per heavy atom. The topological polar surface area (TPSA) is 40.5 Å². The van der Waals surface area contributed by atoms with Crippen LogP contribution in [0, 0.1) is 5.92 Å². The minimum absolute atomic E-state index is 0.146. The summed E-state index contributed by atoms with van der Waals surface area (Å²) in [4.78, 5) is 12.7. The van der Waals surface area contributed by atoms with Crippen molar-refractivity contribution >= 4 is 5.97 Å². The number of carboxylic acids is 1. The molecule has 0 aliphatic heterocycles. The molecule has 13 heavy (non-hydrogen) atoms. The van der Waals surface area contributed by atoms with Gasteiger partial charge in [0.05, 0.1) is 6.42 Å². The van der Waals surface area contributed by atoms with Gasteiger partial charge in [-0.15, -0.1) is 0 Å². The molecule has 1 rings (SSSR count). The van der Waals surface area contributed by atoms with E-state index in [1.54, 1.807) is 0 Å². The zero-order chi connectivity index (χ0) is 10.0. The van der Waals surface area contributed by atoms with Gasteiger partial charge in [0.2, 0.25) is 0 Å². The monoisotopic (exact) mass is 185 g/mol. The summed E-state index contributed by atoms with van der Waals surface area (Å²) >= 11 is 0. The number of rotatable bonds is 5. The molecule has 1 aliphatic rings. The third-order valence-electron chi connectivity index (χ3n) is 3.11. The molecule has 0 bridgehead atoms. The summed E-state index contributed by atoms with van der Waals surface area (Å²) in [5.41, 5.74) is 0. The Kier molecular flexibility index (Phi) is 3.31. The van der Waals surface area contributed by atoms with E-state index < -0.39 is 5.97 Å². The van der Waals surface area contributed by atoms with E-state index >= 15 is 0 Å². The van der Waals surface area contributed by atoms with Crippen LogP contribution in [0.15, 0.2) is 0 Å². The molecular formula is C10H19NO2. The number of carboxylic acid groups (broad SMARTS) is 1. The lowest BCUT2D eigenvalue weighted by atomic mass is 10.1. The molecule has 0 aromatic heterocycles. The predicted molar refractivity (Wildman–Crippen MR) is 51.7 cm³/mol. The van der Waals surface area contributed by atoms with E-state index in [1.807, 2.05) is 14.0 Å². The summed E-state index contributed by atoms with van der Waals surface area (Å²) in [6.45, 7) is 4.17. The molecule has 3 heteroatoms. The zero-order valence-corrected chi connectivity index (χ0v) is 8.66. The minimum atomic E-state index is -0.706. The van der Waals surface area contributed by atoms with Crippen molar-refractivity contribution in [3.63, 3.8) is 0 Å². The second kappa shape index (κ2) is 4.09. The fourth-order valence-electron chi connectivity index (χ4n) is 1.71. The number of carbonyl (C=O) groups is 1. The Morgan fingerprint density at radius 2 is 2.08 bits per heavy atom. The van der Waals surface area contributed by atoms with Crippen molar-refractivity contribution < 1.29 is 9.90 Å². The highest BCUT2D eigenvalue weighted by atomic mass is 16.4. The normalized spacial score (nSPS) is 21.5. The van der Waals surface area contributed by atoms with Gasteiger partial charge in [0.1, 0.15) is 0 Å². The van der Waals surface area contributed by atoms with E-state index in [1.165, 1.54) is 12.8 Å². The summed E-state index contributed by atoms with van der Waals surface area (Å²) < 4.78 is 0. The quantitative estimate of drug-likeness (QED) is 0.707. The highest BCUT2D eigenvalue weighted by molar-refractivity contribution is 5.67. The van der Waals surface area contributed by atoms with Crippen molar-refractivity contribution in [1.29, 1.82) is 0 Å². The smallest absolute Gasteiger partial charge is 0.304 e. The van der Waals surface area contributed by atoms with E-state index in [0.29, 0.717) is 6.04 Å². The number of aliphatic carboxylic acids is 1. The first kappa shape index (κ1) is 10.5. The summed E-state index contributed by atoms with van der Waals surface area (Å²) in [5.74, 6) is 0.101. The molecule has 0 saturated heterocycles. The molecule has 0 aromatic carbocycles. The molecule has 0 spiro atoms. The van der Waals surface area contributed by atoms with E-state index in [9.17, 15) is 4.79 Å². The fourth-order valence-corrected chi connectivity index (χ4v) is 1.71. The first-order valence-corrected chi connectivity index (χ1v) is 4.96. The maximum atomic E-state index is 10.5. The number of hydrogen-bond donors (Lipinski definition) is 1. The third kappa shape index (κ3) is 2.99. The highest BCUT2D eigenvalue weighted by Crippen LogP contribution is 2.35. The van der Waals surface area contributed by atoms with E-state index in [4.69, 9.17) is 5.11 Å². The lowest BCUT2D eigenvalue weighted by molar-refractivity contribution is -0.138. The molecule has 2 atom stereocenters. The fraction of sp³-hybridized carbons (Fsp3) is 0.900. The van der Waals surface area contributed by atoms with Crippen LogP contribution < -0.4 is 0 Å². The summed E-state index contributed by atoms with van der Waals surface area (Å²) in [6, 6.07) is 0.683. The number of hydrogen-bond acceptors (Lipinski definition) is 2. The molecule has 1 N–H and O–H groups in total. The Hall–Kier alpha value is -0.570. The molecule has 0 radical (unpaired) electrons. The Balaban J connectivity index is 2.35. The van der Waals surface area contributed by atoms with Crippen molar-refractivity contribution in [2.75, 3.05) is 7.05 Å². The Bertz CT molecular complexity index is 189. The van der Waals surface area contributed by atoms with Crippen LogP contribution in [0.3, 0.4) is 0 Å². The van der Waals surface area contributed by atoms with Crippen molar-refractivity contribution in [3.05, 3.63) is 0 Å². The predicted octanol–water partition coefficient (Wildman–Crippen LogP) is 1.58. The van der Waals surface area contributed by atoms with Crippen LogP contribution in [0.2, 0.25) is 0 Å². The van der Waals surface area contributed by atoms with Crippen molar-refractivity contribution in [2.24, 2.45) is 5.92 Å².